The molecule has 3 nitrogen and oxygen atoms in total. The van der Waals surface area contributed by atoms with Gasteiger partial charge in [-0.1, -0.05) is 0 Å². The molecule has 1 aromatic carbocycles. The van der Waals surface area contributed by atoms with Gasteiger partial charge in [0.2, 0.25) is 0 Å². The first kappa shape index (κ1) is 8.04. The Bertz CT molecular complexity index is 376. The van der Waals surface area contributed by atoms with Crippen LogP contribution in [0.2, 0.25) is 0 Å². The predicted molar refractivity (Wildman–Crippen MR) is 44.1 cm³/mol. The maximum atomic E-state index is 12.9. The van der Waals surface area contributed by atoms with Gasteiger partial charge in [0.05, 0.1) is 0 Å². The number of benzene rings is 1. The summed E-state index contributed by atoms with van der Waals surface area (Å²) in [7, 11) is 0. The van der Waals surface area contributed by atoms with E-state index in [1.165, 1.54) is 12.1 Å². The molecule has 0 unspecified atom stereocenters. The summed E-state index contributed by atoms with van der Waals surface area (Å²) in [5, 5.41) is 11.7. The second kappa shape index (κ2) is 2.73. The quantitative estimate of drug-likeness (QED) is 0.622. The van der Waals surface area contributed by atoms with Crippen molar-refractivity contribution in [1.82, 2.24) is 5.32 Å². The van der Waals surface area contributed by atoms with Gasteiger partial charge < -0.3 is 10.4 Å². The molecule has 1 aromatic rings. The van der Waals surface area contributed by atoms with Crippen LogP contribution < -0.4 is 5.32 Å². The fourth-order valence-corrected chi connectivity index (χ4v) is 1.43. The van der Waals surface area contributed by atoms with Crippen LogP contribution in [0.5, 0.6) is 5.75 Å². The molecular formula is C9H8FNO2. The number of hydrogen-bond acceptors (Lipinski definition) is 2. The molecule has 13 heavy (non-hydrogen) atoms. The third kappa shape index (κ3) is 1.24. The number of halogens is 1. The zero-order valence-corrected chi connectivity index (χ0v) is 6.80. The van der Waals surface area contributed by atoms with Crippen LogP contribution in [-0.2, 0) is 6.42 Å². The van der Waals surface area contributed by atoms with Gasteiger partial charge in [-0.05, 0) is 24.1 Å². The Morgan fingerprint density at radius 3 is 3.00 bits per heavy atom. The van der Waals surface area contributed by atoms with E-state index in [4.69, 9.17) is 5.11 Å². The second-order valence-electron chi connectivity index (χ2n) is 2.97. The Hall–Kier alpha value is -1.58. The number of fused-ring (bicyclic) bond motifs is 1. The molecule has 0 atom stereocenters. The molecule has 0 saturated carbocycles. The molecule has 0 fully saturated rings. The van der Waals surface area contributed by atoms with Crippen LogP contribution in [0.4, 0.5) is 4.39 Å². The van der Waals surface area contributed by atoms with Gasteiger partial charge in [-0.2, -0.15) is 0 Å². The summed E-state index contributed by atoms with van der Waals surface area (Å²) in [5.74, 6) is -1.40. The van der Waals surface area contributed by atoms with Crippen LogP contribution in [0.1, 0.15) is 15.9 Å². The molecule has 4 heteroatoms. The summed E-state index contributed by atoms with van der Waals surface area (Å²) in [6, 6.07) is 2.38. The number of aromatic hydroxyl groups is 1. The van der Waals surface area contributed by atoms with Crippen molar-refractivity contribution in [2.45, 2.75) is 6.42 Å². The number of phenols is 1. The van der Waals surface area contributed by atoms with Crippen molar-refractivity contribution in [2.24, 2.45) is 0 Å². The number of phenolic OH excluding ortho intramolecular Hbond substituents is 1. The molecule has 2 rings (SSSR count). The van der Waals surface area contributed by atoms with E-state index in [0.717, 1.165) is 0 Å². The summed E-state index contributed by atoms with van der Waals surface area (Å²) in [4.78, 5) is 11.2. The van der Waals surface area contributed by atoms with E-state index in [1.807, 2.05) is 0 Å². The standard InChI is InChI=1S/C9H8FNO2/c10-7-3-5-1-2-11-9(13)6(5)4-8(7)12/h3-4,12H,1-2H2,(H,11,13). The highest BCUT2D eigenvalue weighted by Gasteiger charge is 2.18. The van der Waals surface area contributed by atoms with Gasteiger partial charge in [-0.3, -0.25) is 4.79 Å². The third-order valence-electron chi connectivity index (χ3n) is 2.10. The van der Waals surface area contributed by atoms with Crippen LogP contribution >= 0.6 is 0 Å². The lowest BCUT2D eigenvalue weighted by molar-refractivity contribution is 0.0945. The molecule has 68 valence electrons. The molecule has 1 aliphatic rings. The van der Waals surface area contributed by atoms with E-state index in [0.29, 0.717) is 24.1 Å². The minimum atomic E-state index is -0.673. The van der Waals surface area contributed by atoms with Crippen molar-refractivity contribution in [3.63, 3.8) is 0 Å². The highest BCUT2D eigenvalue weighted by Crippen LogP contribution is 2.23. The summed E-state index contributed by atoms with van der Waals surface area (Å²) in [6.45, 7) is 0.524. The van der Waals surface area contributed by atoms with Crippen molar-refractivity contribution >= 4 is 5.91 Å². The second-order valence-corrected chi connectivity index (χ2v) is 2.97. The highest BCUT2D eigenvalue weighted by molar-refractivity contribution is 5.97. The smallest absolute Gasteiger partial charge is 0.251 e. The number of carbonyl (C=O) groups is 1. The number of nitrogens with one attached hydrogen (secondary N) is 1. The summed E-state index contributed by atoms with van der Waals surface area (Å²) in [6.07, 6.45) is 0.609. The van der Waals surface area contributed by atoms with Gasteiger partial charge in [0, 0.05) is 12.1 Å². The summed E-state index contributed by atoms with van der Waals surface area (Å²) < 4.78 is 12.9. The van der Waals surface area contributed by atoms with Crippen molar-refractivity contribution in [1.29, 1.82) is 0 Å². The molecule has 0 aromatic heterocycles. The summed E-state index contributed by atoms with van der Waals surface area (Å²) >= 11 is 0. The minimum absolute atomic E-state index is 0.253. The maximum Gasteiger partial charge on any atom is 0.251 e. The van der Waals surface area contributed by atoms with Crippen LogP contribution in [-0.4, -0.2) is 17.6 Å². The normalized spacial score (nSPS) is 15.0. The fraction of sp³-hybridized carbons (Fsp3) is 0.222. The fourth-order valence-electron chi connectivity index (χ4n) is 1.43. The van der Waals surface area contributed by atoms with Crippen molar-refractivity contribution in [2.75, 3.05) is 6.54 Å². The maximum absolute atomic E-state index is 12.9. The average Bonchev–Trinajstić information content (AvgIpc) is 2.09. The molecular weight excluding hydrogens is 173 g/mol. The van der Waals surface area contributed by atoms with E-state index >= 15 is 0 Å². The van der Waals surface area contributed by atoms with E-state index in [2.05, 4.69) is 5.32 Å². The van der Waals surface area contributed by atoms with Gasteiger partial charge in [-0.25, -0.2) is 4.39 Å². The molecule has 0 aliphatic carbocycles. The van der Waals surface area contributed by atoms with E-state index < -0.39 is 11.6 Å². The number of hydrogen-bond donors (Lipinski definition) is 2. The topological polar surface area (TPSA) is 49.3 Å². The Morgan fingerprint density at radius 2 is 2.23 bits per heavy atom. The average molecular weight is 181 g/mol. The van der Waals surface area contributed by atoms with E-state index in [1.54, 1.807) is 0 Å². The molecule has 2 N–H and O–H groups in total. The zero-order chi connectivity index (χ0) is 9.42. The number of carbonyl (C=O) groups excluding carboxylic acids is 1. The molecule has 0 radical (unpaired) electrons. The highest BCUT2D eigenvalue weighted by atomic mass is 19.1. The molecule has 0 spiro atoms. The minimum Gasteiger partial charge on any atom is -0.505 e. The van der Waals surface area contributed by atoms with Gasteiger partial charge in [0.15, 0.2) is 11.6 Å². The Balaban J connectivity index is 2.58. The van der Waals surface area contributed by atoms with Crippen LogP contribution in [0, 0.1) is 5.82 Å². The third-order valence-corrected chi connectivity index (χ3v) is 2.10. The molecule has 0 saturated heterocycles. The summed E-state index contributed by atoms with van der Waals surface area (Å²) in [5.41, 5.74) is 1.02. The van der Waals surface area contributed by atoms with E-state index in [9.17, 15) is 9.18 Å². The van der Waals surface area contributed by atoms with Gasteiger partial charge in [0.1, 0.15) is 0 Å². The lowest BCUT2D eigenvalue weighted by Crippen LogP contribution is -2.31. The molecule has 1 amide bonds. The Kier molecular flexibility index (Phi) is 1.69. The van der Waals surface area contributed by atoms with Gasteiger partial charge in [-0.15, -0.1) is 0 Å². The molecule has 1 heterocycles. The molecule has 0 bridgehead atoms. The Morgan fingerprint density at radius 1 is 1.46 bits per heavy atom. The van der Waals surface area contributed by atoms with Crippen molar-refractivity contribution < 1.29 is 14.3 Å². The van der Waals surface area contributed by atoms with E-state index in [-0.39, 0.29) is 5.91 Å². The van der Waals surface area contributed by atoms with Crippen LogP contribution in [0.15, 0.2) is 12.1 Å². The van der Waals surface area contributed by atoms with Crippen molar-refractivity contribution in [3.05, 3.63) is 29.1 Å². The number of amides is 1. The first-order chi connectivity index (χ1) is 6.18. The first-order valence-corrected chi connectivity index (χ1v) is 3.98. The number of rotatable bonds is 0. The van der Waals surface area contributed by atoms with Crippen LogP contribution in [0.25, 0.3) is 0 Å². The largest absolute Gasteiger partial charge is 0.505 e. The zero-order valence-electron chi connectivity index (χ0n) is 6.80. The van der Waals surface area contributed by atoms with Crippen LogP contribution in [0.3, 0.4) is 0 Å². The first-order valence-electron chi connectivity index (χ1n) is 3.98. The van der Waals surface area contributed by atoms with Crippen molar-refractivity contribution in [3.8, 4) is 5.75 Å². The molecule has 1 aliphatic heterocycles. The Labute approximate surface area is 74.2 Å². The van der Waals surface area contributed by atoms with Gasteiger partial charge in [0.25, 0.3) is 5.91 Å². The SMILES string of the molecule is O=C1NCCc2cc(F)c(O)cc21. The predicted octanol–water partition coefficient (Wildman–Crippen LogP) is 0.817. The lowest BCUT2D eigenvalue weighted by Gasteiger charge is -2.16. The monoisotopic (exact) mass is 181 g/mol. The lowest BCUT2D eigenvalue weighted by atomic mass is 10.00. The van der Waals surface area contributed by atoms with Gasteiger partial charge >= 0.3 is 0 Å².